The van der Waals surface area contributed by atoms with Crippen LogP contribution in [0.3, 0.4) is 0 Å². The minimum Gasteiger partial charge on any atom is -0.478 e. The van der Waals surface area contributed by atoms with Crippen molar-refractivity contribution in [3.8, 4) is 0 Å². The van der Waals surface area contributed by atoms with Crippen molar-refractivity contribution in [2.24, 2.45) is 5.92 Å². The van der Waals surface area contributed by atoms with E-state index in [9.17, 15) is 13.2 Å². The lowest BCUT2D eigenvalue weighted by Gasteiger charge is -2.27. The third-order valence-electron chi connectivity index (χ3n) is 4.14. The topological polar surface area (TPSA) is 83.5 Å². The quantitative estimate of drug-likeness (QED) is 0.895. The van der Waals surface area contributed by atoms with Gasteiger partial charge in [-0.2, -0.15) is 0 Å². The van der Waals surface area contributed by atoms with Gasteiger partial charge in [0.25, 0.3) is 0 Å². The van der Waals surface area contributed by atoms with Crippen molar-refractivity contribution in [3.63, 3.8) is 0 Å². The number of aromatic carboxylic acids is 1. The first-order valence-corrected chi connectivity index (χ1v) is 8.65. The zero-order chi connectivity index (χ0) is 15.6. The highest BCUT2D eigenvalue weighted by Gasteiger charge is 2.26. The number of rotatable bonds is 4. The van der Waals surface area contributed by atoms with Crippen molar-refractivity contribution in [1.29, 1.82) is 0 Å². The number of benzene rings is 1. The standard InChI is InChI=1S/C15H21NO4S/c1-10-6-8-12(9-7-10)16-21(19,20)14-5-3-4-13(11(14)2)15(17)18/h3-5,10,12,16H,6-9H2,1-2H3,(H,17,18). The molecule has 2 N–H and O–H groups in total. The summed E-state index contributed by atoms with van der Waals surface area (Å²) >= 11 is 0. The molecular weight excluding hydrogens is 290 g/mol. The Kier molecular flexibility index (Phi) is 4.68. The molecule has 5 nitrogen and oxygen atoms in total. The summed E-state index contributed by atoms with van der Waals surface area (Å²) in [7, 11) is -3.68. The maximum atomic E-state index is 12.5. The molecule has 0 unspecified atom stereocenters. The minimum absolute atomic E-state index is 0.0233. The van der Waals surface area contributed by atoms with Crippen LogP contribution in [0.1, 0.15) is 48.5 Å². The zero-order valence-electron chi connectivity index (χ0n) is 12.3. The van der Waals surface area contributed by atoms with E-state index < -0.39 is 16.0 Å². The summed E-state index contributed by atoms with van der Waals surface area (Å²) < 4.78 is 27.7. The number of carboxylic acids is 1. The summed E-state index contributed by atoms with van der Waals surface area (Å²) in [4.78, 5) is 11.2. The first-order chi connectivity index (χ1) is 9.81. The van der Waals surface area contributed by atoms with Gasteiger partial charge < -0.3 is 5.11 Å². The van der Waals surface area contributed by atoms with Crippen LogP contribution in [0.2, 0.25) is 0 Å². The summed E-state index contributed by atoms with van der Waals surface area (Å²) in [6, 6.07) is 4.28. The van der Waals surface area contributed by atoms with E-state index in [0.717, 1.165) is 25.7 Å². The number of sulfonamides is 1. The van der Waals surface area contributed by atoms with Crippen molar-refractivity contribution in [1.82, 2.24) is 4.72 Å². The van der Waals surface area contributed by atoms with Crippen LogP contribution in [-0.2, 0) is 10.0 Å². The summed E-state index contributed by atoms with van der Waals surface area (Å²) in [6.45, 7) is 3.70. The molecule has 0 heterocycles. The van der Waals surface area contributed by atoms with E-state index in [0.29, 0.717) is 5.92 Å². The third kappa shape index (κ3) is 3.63. The Bertz CT molecular complexity index is 631. The molecule has 21 heavy (non-hydrogen) atoms. The molecule has 2 rings (SSSR count). The van der Waals surface area contributed by atoms with Crippen molar-refractivity contribution in [2.75, 3.05) is 0 Å². The van der Waals surface area contributed by atoms with E-state index in [1.54, 1.807) is 0 Å². The average Bonchev–Trinajstić information content (AvgIpc) is 2.41. The van der Waals surface area contributed by atoms with E-state index in [-0.39, 0.29) is 22.1 Å². The molecular formula is C15H21NO4S. The van der Waals surface area contributed by atoms with Gasteiger partial charge >= 0.3 is 5.97 Å². The second-order valence-corrected chi connectivity index (χ2v) is 7.49. The molecule has 1 saturated carbocycles. The Hall–Kier alpha value is -1.40. The molecule has 1 fully saturated rings. The van der Waals surface area contributed by atoms with Gasteiger partial charge in [0, 0.05) is 6.04 Å². The molecule has 1 aromatic rings. The SMILES string of the molecule is Cc1c(C(=O)O)cccc1S(=O)(=O)NC1CCC(C)CC1. The van der Waals surface area contributed by atoms with Gasteiger partial charge in [-0.05, 0) is 56.2 Å². The highest BCUT2D eigenvalue weighted by Crippen LogP contribution is 2.26. The maximum absolute atomic E-state index is 12.5. The van der Waals surface area contributed by atoms with Crippen LogP contribution in [-0.4, -0.2) is 25.5 Å². The fourth-order valence-electron chi connectivity index (χ4n) is 2.80. The van der Waals surface area contributed by atoms with Gasteiger partial charge in [-0.15, -0.1) is 0 Å². The summed E-state index contributed by atoms with van der Waals surface area (Å²) in [6.07, 6.45) is 3.69. The second-order valence-electron chi connectivity index (χ2n) is 5.81. The lowest BCUT2D eigenvalue weighted by atomic mass is 9.88. The number of nitrogens with one attached hydrogen (secondary N) is 1. The largest absolute Gasteiger partial charge is 0.478 e. The molecule has 0 atom stereocenters. The molecule has 0 amide bonds. The van der Waals surface area contributed by atoms with E-state index in [1.807, 2.05) is 0 Å². The summed E-state index contributed by atoms with van der Waals surface area (Å²) in [5, 5.41) is 9.09. The summed E-state index contributed by atoms with van der Waals surface area (Å²) in [5.41, 5.74) is 0.303. The van der Waals surface area contributed by atoms with E-state index in [2.05, 4.69) is 11.6 Å². The van der Waals surface area contributed by atoms with Crippen molar-refractivity contribution in [3.05, 3.63) is 29.3 Å². The molecule has 1 aliphatic carbocycles. The first kappa shape index (κ1) is 16.0. The first-order valence-electron chi connectivity index (χ1n) is 7.16. The highest BCUT2D eigenvalue weighted by molar-refractivity contribution is 7.89. The fraction of sp³-hybridized carbons (Fsp3) is 0.533. The van der Waals surface area contributed by atoms with Gasteiger partial charge in [-0.25, -0.2) is 17.9 Å². The predicted molar refractivity (Wildman–Crippen MR) is 79.9 cm³/mol. The number of hydrogen-bond donors (Lipinski definition) is 2. The van der Waals surface area contributed by atoms with Crippen LogP contribution < -0.4 is 4.72 Å². The van der Waals surface area contributed by atoms with Gasteiger partial charge in [-0.1, -0.05) is 13.0 Å². The van der Waals surface area contributed by atoms with Crippen LogP contribution >= 0.6 is 0 Å². The Morgan fingerprint density at radius 3 is 2.43 bits per heavy atom. The van der Waals surface area contributed by atoms with Crippen LogP contribution in [0.5, 0.6) is 0 Å². The van der Waals surface area contributed by atoms with Gasteiger partial charge in [-0.3, -0.25) is 0 Å². The second kappa shape index (κ2) is 6.15. The molecule has 0 saturated heterocycles. The van der Waals surface area contributed by atoms with Gasteiger partial charge in [0.2, 0.25) is 10.0 Å². The summed E-state index contributed by atoms with van der Waals surface area (Å²) in [5.74, 6) is -0.473. The number of carboxylic acid groups (broad SMARTS) is 1. The Labute approximate surface area is 125 Å². The van der Waals surface area contributed by atoms with Crippen molar-refractivity contribution >= 4 is 16.0 Å². The average molecular weight is 311 g/mol. The molecule has 6 heteroatoms. The number of hydrogen-bond acceptors (Lipinski definition) is 3. The van der Waals surface area contributed by atoms with Gasteiger partial charge in [0.05, 0.1) is 10.5 Å². The smallest absolute Gasteiger partial charge is 0.335 e. The molecule has 0 aromatic heterocycles. The Morgan fingerprint density at radius 1 is 1.24 bits per heavy atom. The normalized spacial score (nSPS) is 23.0. The van der Waals surface area contributed by atoms with Crippen molar-refractivity contribution in [2.45, 2.75) is 50.5 Å². The highest BCUT2D eigenvalue weighted by atomic mass is 32.2. The molecule has 0 aliphatic heterocycles. The van der Waals surface area contributed by atoms with Gasteiger partial charge in [0.1, 0.15) is 0 Å². The predicted octanol–water partition coefficient (Wildman–Crippen LogP) is 2.55. The van der Waals surface area contributed by atoms with Crippen LogP contribution in [0.15, 0.2) is 23.1 Å². The lowest BCUT2D eigenvalue weighted by Crippen LogP contribution is -2.37. The van der Waals surface area contributed by atoms with Crippen LogP contribution in [0.25, 0.3) is 0 Å². The minimum atomic E-state index is -3.68. The molecule has 1 aliphatic rings. The third-order valence-corrected chi connectivity index (χ3v) is 5.81. The van der Waals surface area contributed by atoms with Crippen LogP contribution in [0, 0.1) is 12.8 Å². The molecule has 116 valence electrons. The Balaban J connectivity index is 2.24. The van der Waals surface area contributed by atoms with Crippen molar-refractivity contribution < 1.29 is 18.3 Å². The fourth-order valence-corrected chi connectivity index (χ4v) is 4.37. The van der Waals surface area contributed by atoms with E-state index in [4.69, 9.17) is 5.11 Å². The Morgan fingerprint density at radius 2 is 1.86 bits per heavy atom. The van der Waals surface area contributed by atoms with Crippen LogP contribution in [0.4, 0.5) is 0 Å². The molecule has 0 radical (unpaired) electrons. The van der Waals surface area contributed by atoms with E-state index >= 15 is 0 Å². The zero-order valence-corrected chi connectivity index (χ0v) is 13.1. The number of carbonyl (C=O) groups is 1. The molecule has 0 spiro atoms. The lowest BCUT2D eigenvalue weighted by molar-refractivity contribution is 0.0696. The monoisotopic (exact) mass is 311 g/mol. The van der Waals surface area contributed by atoms with Gasteiger partial charge in [0.15, 0.2) is 0 Å². The maximum Gasteiger partial charge on any atom is 0.335 e. The van der Waals surface area contributed by atoms with E-state index in [1.165, 1.54) is 25.1 Å². The molecule has 0 bridgehead atoms. The molecule has 1 aromatic carbocycles.